The number of methoxy groups -OCH3 is 1. The smallest absolute Gasteiger partial charge is 0.188 e. The Balaban J connectivity index is 2.02. The second-order valence-corrected chi connectivity index (χ2v) is 8.61. The largest absolute Gasteiger partial charge is 0.496 e. The molecular weight excluding hydrogens is 418 g/mol. The van der Waals surface area contributed by atoms with Crippen molar-refractivity contribution in [1.29, 1.82) is 0 Å². The molecular formula is C31H33NO2. The third kappa shape index (κ3) is 4.70. The monoisotopic (exact) mass is 451 g/mol. The van der Waals surface area contributed by atoms with Crippen LogP contribution in [0, 0.1) is 6.92 Å². The van der Waals surface area contributed by atoms with E-state index in [1.165, 1.54) is 16.3 Å². The number of rotatable bonds is 7. The summed E-state index contributed by atoms with van der Waals surface area (Å²) < 4.78 is 12.1. The molecule has 0 bridgehead atoms. The van der Waals surface area contributed by atoms with Gasteiger partial charge < -0.3 is 9.47 Å². The predicted molar refractivity (Wildman–Crippen MR) is 146 cm³/mol. The lowest BCUT2D eigenvalue weighted by atomic mass is 9.90. The highest BCUT2D eigenvalue weighted by atomic mass is 16.5. The maximum Gasteiger partial charge on any atom is 0.188 e. The molecule has 4 aromatic carbocycles. The topological polar surface area (TPSA) is 30.8 Å². The lowest BCUT2D eigenvalue weighted by Crippen LogP contribution is -2.06. The molecule has 0 aliphatic carbocycles. The summed E-state index contributed by atoms with van der Waals surface area (Å²) in [5.41, 5.74) is 5.41. The highest BCUT2D eigenvalue weighted by Crippen LogP contribution is 2.46. The molecule has 3 heteroatoms. The molecule has 0 aromatic heterocycles. The number of aliphatic imine (C=N–C) groups is 1. The van der Waals surface area contributed by atoms with Crippen molar-refractivity contribution in [2.24, 2.45) is 4.99 Å². The van der Waals surface area contributed by atoms with Crippen molar-refractivity contribution in [2.75, 3.05) is 13.7 Å². The SMILES string of the molecule is CC/C=C(\C)COC(CC)=Nc1c(C)cc2ccccc2c1-c1c(OC)ccc2ccccc12. The molecule has 0 spiro atoms. The third-order valence-electron chi connectivity index (χ3n) is 6.13. The Morgan fingerprint density at radius 1 is 0.882 bits per heavy atom. The van der Waals surface area contributed by atoms with Gasteiger partial charge in [0.1, 0.15) is 12.4 Å². The van der Waals surface area contributed by atoms with E-state index in [2.05, 4.69) is 101 Å². The van der Waals surface area contributed by atoms with Gasteiger partial charge in [0.05, 0.1) is 12.8 Å². The van der Waals surface area contributed by atoms with Crippen LogP contribution >= 0.6 is 0 Å². The predicted octanol–water partition coefficient (Wildman–Crippen LogP) is 8.79. The molecule has 0 N–H and O–H groups in total. The minimum atomic E-state index is 0.556. The molecule has 34 heavy (non-hydrogen) atoms. The van der Waals surface area contributed by atoms with Crippen LogP contribution in [0.1, 0.15) is 39.2 Å². The van der Waals surface area contributed by atoms with Crippen molar-refractivity contribution in [3.8, 4) is 16.9 Å². The molecule has 0 amide bonds. The Kier molecular flexibility index (Phi) is 7.32. The van der Waals surface area contributed by atoms with Gasteiger partial charge in [-0.15, -0.1) is 0 Å². The summed E-state index contributed by atoms with van der Waals surface area (Å²) in [6.07, 6.45) is 3.92. The number of aryl methyl sites for hydroxylation is 1. The van der Waals surface area contributed by atoms with E-state index < -0.39 is 0 Å². The average molecular weight is 452 g/mol. The lowest BCUT2D eigenvalue weighted by molar-refractivity contribution is 0.330. The summed E-state index contributed by atoms with van der Waals surface area (Å²) in [6, 6.07) is 23.3. The fraction of sp³-hybridized carbons (Fsp3) is 0.258. The van der Waals surface area contributed by atoms with E-state index in [0.29, 0.717) is 6.61 Å². The first-order valence-corrected chi connectivity index (χ1v) is 12.0. The number of ether oxygens (including phenoxy) is 2. The fourth-order valence-electron chi connectivity index (χ4n) is 4.50. The standard InChI is InChI=1S/C31H33NO2/c1-6-12-21(3)20-34-28(7-2)32-31-22(4)19-24-14-9-11-16-26(24)30(31)29-25-15-10-8-13-23(25)17-18-27(29)33-5/h8-19H,6-7,20H2,1-5H3/b21-12+,32-28?. The normalized spacial score (nSPS) is 12.4. The van der Waals surface area contributed by atoms with Gasteiger partial charge in [0.2, 0.25) is 0 Å². The summed E-state index contributed by atoms with van der Waals surface area (Å²) in [5.74, 6) is 1.58. The molecule has 0 saturated heterocycles. The Labute approximate surface area is 202 Å². The van der Waals surface area contributed by atoms with Gasteiger partial charge in [-0.05, 0) is 65.1 Å². The fourth-order valence-corrected chi connectivity index (χ4v) is 4.50. The van der Waals surface area contributed by atoms with Crippen molar-refractivity contribution in [3.05, 3.63) is 83.9 Å². The van der Waals surface area contributed by atoms with Crippen molar-refractivity contribution in [3.63, 3.8) is 0 Å². The number of fused-ring (bicyclic) bond motifs is 2. The van der Waals surface area contributed by atoms with Crippen LogP contribution in [0.15, 0.2) is 83.4 Å². The number of hydrogen-bond donors (Lipinski definition) is 0. The number of allylic oxidation sites excluding steroid dienone is 1. The van der Waals surface area contributed by atoms with Gasteiger partial charge in [-0.2, -0.15) is 0 Å². The molecule has 174 valence electrons. The average Bonchev–Trinajstić information content (AvgIpc) is 2.86. The van der Waals surface area contributed by atoms with E-state index in [0.717, 1.165) is 57.6 Å². The zero-order valence-electron chi connectivity index (χ0n) is 20.8. The van der Waals surface area contributed by atoms with Gasteiger partial charge in [0, 0.05) is 17.5 Å². The molecule has 4 aromatic rings. The number of nitrogens with zero attached hydrogens (tertiary/aromatic N) is 1. The van der Waals surface area contributed by atoms with Gasteiger partial charge in [-0.25, -0.2) is 4.99 Å². The Bertz CT molecular complexity index is 1380. The molecule has 0 saturated carbocycles. The number of hydrogen-bond acceptors (Lipinski definition) is 3. The van der Waals surface area contributed by atoms with E-state index in [4.69, 9.17) is 14.5 Å². The van der Waals surface area contributed by atoms with Crippen LogP contribution in [-0.2, 0) is 4.74 Å². The molecule has 0 fully saturated rings. The highest BCUT2D eigenvalue weighted by molar-refractivity contribution is 6.12. The van der Waals surface area contributed by atoms with Gasteiger partial charge in [-0.1, -0.05) is 74.5 Å². The van der Waals surface area contributed by atoms with Crippen LogP contribution in [0.3, 0.4) is 0 Å². The Morgan fingerprint density at radius 3 is 2.24 bits per heavy atom. The first-order valence-electron chi connectivity index (χ1n) is 12.0. The maximum absolute atomic E-state index is 6.16. The summed E-state index contributed by atoms with van der Waals surface area (Å²) in [5, 5.41) is 4.66. The zero-order valence-corrected chi connectivity index (χ0v) is 20.8. The van der Waals surface area contributed by atoms with Crippen molar-refractivity contribution < 1.29 is 9.47 Å². The van der Waals surface area contributed by atoms with Crippen LogP contribution < -0.4 is 4.74 Å². The van der Waals surface area contributed by atoms with Gasteiger partial charge >= 0.3 is 0 Å². The first-order chi connectivity index (χ1) is 16.6. The third-order valence-corrected chi connectivity index (χ3v) is 6.13. The summed E-state index contributed by atoms with van der Waals surface area (Å²) >= 11 is 0. The highest BCUT2D eigenvalue weighted by Gasteiger charge is 2.20. The van der Waals surface area contributed by atoms with E-state index in [9.17, 15) is 0 Å². The lowest BCUT2D eigenvalue weighted by Gasteiger charge is -2.19. The van der Waals surface area contributed by atoms with Crippen molar-refractivity contribution in [1.82, 2.24) is 0 Å². The van der Waals surface area contributed by atoms with Crippen molar-refractivity contribution in [2.45, 2.75) is 40.5 Å². The molecule has 0 aliphatic heterocycles. The Hall–Kier alpha value is -3.59. The van der Waals surface area contributed by atoms with Crippen LogP contribution in [0.25, 0.3) is 32.7 Å². The van der Waals surface area contributed by atoms with Crippen molar-refractivity contribution >= 4 is 33.1 Å². The van der Waals surface area contributed by atoms with Crippen LogP contribution in [0.2, 0.25) is 0 Å². The van der Waals surface area contributed by atoms with Gasteiger partial charge in [0.25, 0.3) is 0 Å². The second-order valence-electron chi connectivity index (χ2n) is 8.61. The molecule has 0 unspecified atom stereocenters. The van der Waals surface area contributed by atoms with Gasteiger partial charge in [0.15, 0.2) is 5.90 Å². The van der Waals surface area contributed by atoms with Crippen LogP contribution in [0.4, 0.5) is 5.69 Å². The second kappa shape index (κ2) is 10.6. The molecule has 0 aliphatic rings. The number of benzene rings is 4. The summed E-state index contributed by atoms with van der Waals surface area (Å²) in [4.78, 5) is 5.13. The Morgan fingerprint density at radius 2 is 1.56 bits per heavy atom. The molecule has 4 rings (SSSR count). The van der Waals surface area contributed by atoms with Gasteiger partial charge in [-0.3, -0.25) is 0 Å². The van der Waals surface area contributed by atoms with E-state index in [1.807, 2.05) is 0 Å². The van der Waals surface area contributed by atoms with E-state index in [1.54, 1.807) is 7.11 Å². The van der Waals surface area contributed by atoms with E-state index >= 15 is 0 Å². The quantitative estimate of drug-likeness (QED) is 0.160. The first kappa shape index (κ1) is 23.6. The molecule has 0 atom stereocenters. The van der Waals surface area contributed by atoms with E-state index in [-0.39, 0.29) is 0 Å². The minimum absolute atomic E-state index is 0.556. The molecule has 0 radical (unpaired) electrons. The molecule has 3 nitrogen and oxygen atoms in total. The zero-order chi connectivity index (χ0) is 24.1. The minimum Gasteiger partial charge on any atom is -0.496 e. The summed E-state index contributed by atoms with van der Waals surface area (Å²) in [7, 11) is 1.73. The van der Waals surface area contributed by atoms with Crippen LogP contribution in [0.5, 0.6) is 5.75 Å². The maximum atomic E-state index is 6.16. The van der Waals surface area contributed by atoms with Crippen LogP contribution in [-0.4, -0.2) is 19.6 Å². The summed E-state index contributed by atoms with van der Waals surface area (Å²) in [6.45, 7) is 9.01. The molecule has 0 heterocycles.